The summed E-state index contributed by atoms with van der Waals surface area (Å²) in [6, 6.07) is 24.5. The fourth-order valence-electron chi connectivity index (χ4n) is 3.65. The number of nitrogens with zero attached hydrogens (tertiary/aromatic N) is 4. The van der Waals surface area contributed by atoms with Crippen molar-refractivity contribution in [3.8, 4) is 33.7 Å². The van der Waals surface area contributed by atoms with Gasteiger partial charge in [0.1, 0.15) is 5.52 Å². The molecule has 6 heteroatoms. The minimum atomic E-state index is 0.246. The lowest BCUT2D eigenvalue weighted by molar-refractivity contribution is 0.441. The van der Waals surface area contributed by atoms with Gasteiger partial charge in [0.05, 0.1) is 11.1 Å². The summed E-state index contributed by atoms with van der Waals surface area (Å²) in [7, 11) is 4.08. The van der Waals surface area contributed by atoms with Gasteiger partial charge in [0.2, 0.25) is 5.95 Å². The van der Waals surface area contributed by atoms with Crippen LogP contribution in [-0.4, -0.2) is 29.2 Å². The van der Waals surface area contributed by atoms with Gasteiger partial charge < -0.3 is 15.2 Å². The standard InChI is InChI=1S/C25H21N5O/c1-30(2)20-8-4-6-17(14-20)16-5-3-7-19(13-16)24-21-15-18(9-10-23(21)29-31-24)22-11-12-27-25(26)28-22/h3-15H,1-2H3,(H2,26,27,28). The molecule has 3 aromatic carbocycles. The highest BCUT2D eigenvalue weighted by Gasteiger charge is 2.14. The highest BCUT2D eigenvalue weighted by atomic mass is 16.5. The Kier molecular flexibility index (Phi) is 4.59. The van der Waals surface area contributed by atoms with Crippen LogP contribution in [0.5, 0.6) is 0 Å². The molecule has 5 rings (SSSR count). The first-order valence-corrected chi connectivity index (χ1v) is 9.95. The smallest absolute Gasteiger partial charge is 0.220 e. The van der Waals surface area contributed by atoms with Crippen LogP contribution in [0.4, 0.5) is 11.6 Å². The molecular formula is C25H21N5O. The van der Waals surface area contributed by atoms with Gasteiger partial charge in [-0.25, -0.2) is 9.97 Å². The molecule has 0 radical (unpaired) electrons. The summed E-state index contributed by atoms with van der Waals surface area (Å²) in [5, 5.41) is 5.17. The third kappa shape index (κ3) is 3.59. The van der Waals surface area contributed by atoms with Crippen LogP contribution in [0.3, 0.4) is 0 Å². The van der Waals surface area contributed by atoms with Gasteiger partial charge >= 0.3 is 0 Å². The van der Waals surface area contributed by atoms with Gasteiger partial charge in [0.25, 0.3) is 0 Å². The molecule has 0 amide bonds. The average molecular weight is 407 g/mol. The average Bonchev–Trinajstić information content (AvgIpc) is 3.22. The third-order valence-electron chi connectivity index (χ3n) is 5.27. The molecule has 6 nitrogen and oxygen atoms in total. The van der Waals surface area contributed by atoms with Gasteiger partial charge in [-0.3, -0.25) is 0 Å². The Morgan fingerprint density at radius 1 is 0.806 bits per heavy atom. The molecule has 5 aromatic rings. The molecule has 0 aliphatic carbocycles. The molecule has 2 heterocycles. The van der Waals surface area contributed by atoms with Crippen molar-refractivity contribution in [2.45, 2.75) is 0 Å². The maximum Gasteiger partial charge on any atom is 0.220 e. The monoisotopic (exact) mass is 407 g/mol. The molecule has 0 aliphatic heterocycles. The molecule has 152 valence electrons. The number of rotatable bonds is 4. The Morgan fingerprint density at radius 3 is 2.39 bits per heavy atom. The first-order valence-electron chi connectivity index (χ1n) is 9.95. The summed E-state index contributed by atoms with van der Waals surface area (Å²) < 4.78 is 5.75. The molecule has 0 bridgehead atoms. The lowest BCUT2D eigenvalue weighted by Crippen LogP contribution is -2.08. The quantitative estimate of drug-likeness (QED) is 0.437. The molecule has 0 fully saturated rings. The molecular weight excluding hydrogens is 386 g/mol. The molecule has 0 atom stereocenters. The SMILES string of the molecule is CN(C)c1cccc(-c2cccc(-c3onc4ccc(-c5ccnc(N)n5)cc34)c2)c1. The van der Waals surface area contributed by atoms with Crippen LogP contribution in [0, 0.1) is 0 Å². The maximum absolute atomic E-state index is 5.75. The molecule has 0 saturated heterocycles. The number of hydrogen-bond donors (Lipinski definition) is 1. The van der Waals surface area contributed by atoms with E-state index in [9.17, 15) is 0 Å². The second-order valence-electron chi connectivity index (χ2n) is 7.57. The highest BCUT2D eigenvalue weighted by Crippen LogP contribution is 2.34. The first-order chi connectivity index (χ1) is 15.1. The van der Waals surface area contributed by atoms with E-state index >= 15 is 0 Å². The Hall–Kier alpha value is -4.19. The van der Waals surface area contributed by atoms with Crippen molar-refractivity contribution < 1.29 is 4.52 Å². The minimum Gasteiger partial charge on any atom is -0.378 e. The molecule has 2 N–H and O–H groups in total. The zero-order chi connectivity index (χ0) is 21.4. The second kappa shape index (κ2) is 7.57. The minimum absolute atomic E-state index is 0.246. The van der Waals surface area contributed by atoms with Crippen LogP contribution in [0.1, 0.15) is 0 Å². The van der Waals surface area contributed by atoms with Crippen molar-refractivity contribution in [1.29, 1.82) is 0 Å². The van der Waals surface area contributed by atoms with Crippen molar-refractivity contribution in [3.05, 3.63) is 79.0 Å². The van der Waals surface area contributed by atoms with E-state index in [1.54, 1.807) is 6.20 Å². The Balaban J connectivity index is 1.59. The van der Waals surface area contributed by atoms with E-state index in [0.29, 0.717) is 0 Å². The molecule has 0 aliphatic rings. The topological polar surface area (TPSA) is 81.1 Å². The van der Waals surface area contributed by atoms with Crippen molar-refractivity contribution in [1.82, 2.24) is 15.1 Å². The molecule has 2 aromatic heterocycles. The fraction of sp³-hybridized carbons (Fsp3) is 0.0800. The fourth-order valence-corrected chi connectivity index (χ4v) is 3.65. The van der Waals surface area contributed by atoms with E-state index < -0.39 is 0 Å². The Bertz CT molecular complexity index is 1390. The number of anilines is 2. The number of aromatic nitrogens is 3. The van der Waals surface area contributed by atoms with E-state index in [1.807, 2.05) is 50.5 Å². The van der Waals surface area contributed by atoms with Crippen LogP contribution in [0.25, 0.3) is 44.6 Å². The van der Waals surface area contributed by atoms with Crippen LogP contribution in [-0.2, 0) is 0 Å². The van der Waals surface area contributed by atoms with Crippen molar-refractivity contribution in [2.75, 3.05) is 24.7 Å². The summed E-state index contributed by atoms with van der Waals surface area (Å²) >= 11 is 0. The van der Waals surface area contributed by atoms with E-state index in [2.05, 4.69) is 56.4 Å². The predicted octanol–water partition coefficient (Wildman–Crippen LogP) is 5.27. The van der Waals surface area contributed by atoms with E-state index in [4.69, 9.17) is 10.3 Å². The van der Waals surface area contributed by atoms with Crippen molar-refractivity contribution in [3.63, 3.8) is 0 Å². The summed E-state index contributed by atoms with van der Waals surface area (Å²) in [6.07, 6.45) is 1.65. The van der Waals surface area contributed by atoms with Gasteiger partial charge in [-0.2, -0.15) is 0 Å². The highest BCUT2D eigenvalue weighted by molar-refractivity contribution is 5.95. The van der Waals surface area contributed by atoms with Gasteiger partial charge in [-0.05, 0) is 47.5 Å². The van der Waals surface area contributed by atoms with Crippen molar-refractivity contribution in [2.24, 2.45) is 0 Å². The lowest BCUT2D eigenvalue weighted by Gasteiger charge is -2.14. The van der Waals surface area contributed by atoms with Crippen LogP contribution >= 0.6 is 0 Å². The second-order valence-corrected chi connectivity index (χ2v) is 7.57. The number of benzene rings is 3. The van der Waals surface area contributed by atoms with Crippen LogP contribution in [0.15, 0.2) is 83.5 Å². The molecule has 0 spiro atoms. The summed E-state index contributed by atoms with van der Waals surface area (Å²) in [5.41, 5.74) is 12.6. The third-order valence-corrected chi connectivity index (χ3v) is 5.27. The van der Waals surface area contributed by atoms with Crippen molar-refractivity contribution >= 4 is 22.5 Å². The Labute approximate surface area is 180 Å². The normalized spacial score (nSPS) is 11.0. The number of nitrogen functional groups attached to an aromatic ring is 1. The van der Waals surface area contributed by atoms with Crippen LogP contribution in [0.2, 0.25) is 0 Å². The summed E-state index contributed by atoms with van der Waals surface area (Å²) in [6.45, 7) is 0. The van der Waals surface area contributed by atoms with Gasteiger partial charge in [-0.15, -0.1) is 0 Å². The first kappa shape index (κ1) is 18.8. The van der Waals surface area contributed by atoms with Gasteiger partial charge in [-0.1, -0.05) is 41.6 Å². The largest absolute Gasteiger partial charge is 0.378 e. The summed E-state index contributed by atoms with van der Waals surface area (Å²) in [4.78, 5) is 10.4. The van der Waals surface area contributed by atoms with E-state index in [0.717, 1.165) is 50.3 Å². The van der Waals surface area contributed by atoms with Crippen LogP contribution < -0.4 is 10.6 Å². The number of fused-ring (bicyclic) bond motifs is 1. The van der Waals surface area contributed by atoms with E-state index in [-0.39, 0.29) is 5.95 Å². The molecule has 31 heavy (non-hydrogen) atoms. The number of nitrogens with two attached hydrogens (primary N) is 1. The Morgan fingerprint density at radius 2 is 1.58 bits per heavy atom. The van der Waals surface area contributed by atoms with E-state index in [1.165, 1.54) is 0 Å². The predicted molar refractivity (Wildman–Crippen MR) is 125 cm³/mol. The van der Waals surface area contributed by atoms with Gasteiger partial charge in [0, 0.05) is 37.1 Å². The maximum atomic E-state index is 5.75. The molecule has 0 unspecified atom stereocenters. The zero-order valence-corrected chi connectivity index (χ0v) is 17.3. The zero-order valence-electron chi connectivity index (χ0n) is 17.3. The number of hydrogen-bond acceptors (Lipinski definition) is 6. The lowest BCUT2D eigenvalue weighted by atomic mass is 9.99. The molecule has 0 saturated carbocycles. The summed E-state index contributed by atoms with van der Waals surface area (Å²) in [5.74, 6) is 0.972. The van der Waals surface area contributed by atoms with Gasteiger partial charge in [0.15, 0.2) is 5.76 Å².